The molecule has 1 unspecified atom stereocenters. The average molecular weight is 319 g/mol. The van der Waals surface area contributed by atoms with Crippen molar-refractivity contribution in [2.24, 2.45) is 5.92 Å². The van der Waals surface area contributed by atoms with Crippen LogP contribution in [-0.4, -0.2) is 36.9 Å². The predicted molar refractivity (Wildman–Crippen MR) is 79.9 cm³/mol. The number of aromatic carboxylic acids is 1. The second kappa shape index (κ2) is 6.69. The molecule has 0 aliphatic carbocycles. The standard InChI is InChI=1S/C13H21NO4S2/c1-5-9(3)8-14(6-2)20(17,18)11-7-10(4)12(19-11)13(15)16/h7,9H,5-6,8H2,1-4H3,(H,15,16). The monoisotopic (exact) mass is 319 g/mol. The summed E-state index contributed by atoms with van der Waals surface area (Å²) in [4.78, 5) is 11.1. The predicted octanol–water partition coefficient (Wildman–Crippen LogP) is 2.81. The maximum atomic E-state index is 12.5. The van der Waals surface area contributed by atoms with Crippen LogP contribution in [0.3, 0.4) is 0 Å². The lowest BCUT2D eigenvalue weighted by atomic mass is 10.1. The smallest absolute Gasteiger partial charge is 0.346 e. The minimum atomic E-state index is -3.60. The van der Waals surface area contributed by atoms with Crippen molar-refractivity contribution in [2.75, 3.05) is 13.1 Å². The lowest BCUT2D eigenvalue weighted by Gasteiger charge is -2.22. The van der Waals surface area contributed by atoms with Crippen molar-refractivity contribution in [1.29, 1.82) is 0 Å². The Morgan fingerprint density at radius 1 is 1.45 bits per heavy atom. The molecule has 1 heterocycles. The van der Waals surface area contributed by atoms with E-state index in [-0.39, 0.29) is 15.0 Å². The number of sulfonamides is 1. The molecule has 0 amide bonds. The quantitative estimate of drug-likeness (QED) is 0.838. The molecular formula is C13H21NO4S2. The Morgan fingerprint density at radius 3 is 2.45 bits per heavy atom. The molecule has 0 radical (unpaired) electrons. The van der Waals surface area contributed by atoms with Crippen molar-refractivity contribution >= 4 is 27.3 Å². The Hall–Kier alpha value is -0.920. The van der Waals surface area contributed by atoms with Crippen LogP contribution in [-0.2, 0) is 10.0 Å². The summed E-state index contributed by atoms with van der Waals surface area (Å²) >= 11 is 0.824. The molecule has 0 spiro atoms. The second-order valence-electron chi connectivity index (χ2n) is 4.85. The third kappa shape index (κ3) is 3.59. The summed E-state index contributed by atoms with van der Waals surface area (Å²) in [6.07, 6.45) is 0.899. The normalized spacial score (nSPS) is 13.7. The summed E-state index contributed by atoms with van der Waals surface area (Å²) in [7, 11) is -3.60. The summed E-state index contributed by atoms with van der Waals surface area (Å²) in [5.74, 6) is -0.816. The fourth-order valence-corrected chi connectivity index (χ4v) is 4.90. The SMILES string of the molecule is CCC(C)CN(CC)S(=O)(=O)c1cc(C)c(C(=O)O)s1. The van der Waals surface area contributed by atoms with Crippen molar-refractivity contribution in [3.63, 3.8) is 0 Å². The fourth-order valence-electron chi connectivity index (χ4n) is 1.79. The maximum absolute atomic E-state index is 12.5. The molecule has 1 aromatic rings. The second-order valence-corrected chi connectivity index (χ2v) is 8.07. The summed E-state index contributed by atoms with van der Waals surface area (Å²) in [5.41, 5.74) is 0.487. The van der Waals surface area contributed by atoms with Crippen LogP contribution in [0.2, 0.25) is 0 Å². The van der Waals surface area contributed by atoms with E-state index < -0.39 is 16.0 Å². The van der Waals surface area contributed by atoms with E-state index >= 15 is 0 Å². The van der Waals surface area contributed by atoms with Crippen LogP contribution in [0.25, 0.3) is 0 Å². The van der Waals surface area contributed by atoms with Crippen LogP contribution in [0.4, 0.5) is 0 Å². The molecule has 0 bridgehead atoms. The van der Waals surface area contributed by atoms with E-state index in [2.05, 4.69) is 0 Å². The number of nitrogens with zero attached hydrogens (tertiary/aromatic N) is 1. The van der Waals surface area contributed by atoms with E-state index in [9.17, 15) is 13.2 Å². The maximum Gasteiger partial charge on any atom is 0.346 e. The summed E-state index contributed by atoms with van der Waals surface area (Å²) in [6, 6.07) is 1.45. The summed E-state index contributed by atoms with van der Waals surface area (Å²) in [6.45, 7) is 8.26. The molecule has 0 aliphatic heterocycles. The van der Waals surface area contributed by atoms with E-state index in [1.54, 1.807) is 13.8 Å². The first-order chi connectivity index (χ1) is 9.23. The zero-order chi connectivity index (χ0) is 15.5. The van der Waals surface area contributed by atoms with Gasteiger partial charge in [0, 0.05) is 13.1 Å². The van der Waals surface area contributed by atoms with Gasteiger partial charge in [0.2, 0.25) is 0 Å². The van der Waals surface area contributed by atoms with Crippen LogP contribution >= 0.6 is 11.3 Å². The molecule has 0 saturated heterocycles. The Labute approximate surface area is 124 Å². The summed E-state index contributed by atoms with van der Waals surface area (Å²) < 4.78 is 26.6. The van der Waals surface area contributed by atoms with Crippen LogP contribution in [0.1, 0.15) is 42.4 Å². The fraction of sp³-hybridized carbons (Fsp3) is 0.615. The van der Waals surface area contributed by atoms with Gasteiger partial charge in [-0.2, -0.15) is 4.31 Å². The van der Waals surface area contributed by atoms with Crippen LogP contribution in [0.15, 0.2) is 10.3 Å². The first-order valence-electron chi connectivity index (χ1n) is 6.57. The third-order valence-corrected chi connectivity index (χ3v) is 6.86. The Balaban J connectivity index is 3.14. The first-order valence-corrected chi connectivity index (χ1v) is 8.83. The van der Waals surface area contributed by atoms with Crippen molar-refractivity contribution < 1.29 is 18.3 Å². The highest BCUT2D eigenvalue weighted by atomic mass is 32.2. The van der Waals surface area contributed by atoms with E-state index in [1.807, 2.05) is 13.8 Å². The number of carbonyl (C=O) groups is 1. The van der Waals surface area contributed by atoms with Crippen molar-refractivity contribution in [3.8, 4) is 0 Å². The van der Waals surface area contributed by atoms with Gasteiger partial charge < -0.3 is 5.11 Å². The molecule has 1 N–H and O–H groups in total. The Kier molecular flexibility index (Phi) is 5.73. The minimum absolute atomic E-state index is 0.0863. The average Bonchev–Trinajstić information content (AvgIpc) is 2.78. The van der Waals surface area contributed by atoms with Gasteiger partial charge >= 0.3 is 5.97 Å². The number of carboxylic acid groups (broad SMARTS) is 1. The Morgan fingerprint density at radius 2 is 2.05 bits per heavy atom. The van der Waals surface area contributed by atoms with Crippen LogP contribution < -0.4 is 0 Å². The van der Waals surface area contributed by atoms with Crippen LogP contribution in [0.5, 0.6) is 0 Å². The molecule has 0 aliphatic rings. The highest BCUT2D eigenvalue weighted by molar-refractivity contribution is 7.91. The van der Waals surface area contributed by atoms with Crippen molar-refractivity contribution in [3.05, 3.63) is 16.5 Å². The topological polar surface area (TPSA) is 74.7 Å². The van der Waals surface area contributed by atoms with Gasteiger partial charge in [0.05, 0.1) is 0 Å². The third-order valence-electron chi connectivity index (χ3n) is 3.25. The molecular weight excluding hydrogens is 298 g/mol. The van der Waals surface area contributed by atoms with Crippen LogP contribution in [0, 0.1) is 12.8 Å². The molecule has 114 valence electrons. The zero-order valence-corrected chi connectivity index (χ0v) is 13.8. The lowest BCUT2D eigenvalue weighted by Crippen LogP contribution is -2.34. The largest absolute Gasteiger partial charge is 0.477 e. The highest BCUT2D eigenvalue weighted by Gasteiger charge is 2.28. The van der Waals surface area contributed by atoms with Gasteiger partial charge in [-0.05, 0) is 24.5 Å². The number of thiophene rings is 1. The molecule has 1 rings (SSSR count). The molecule has 20 heavy (non-hydrogen) atoms. The molecule has 7 heteroatoms. The van der Waals surface area contributed by atoms with Gasteiger partial charge in [0.1, 0.15) is 9.09 Å². The summed E-state index contributed by atoms with van der Waals surface area (Å²) in [5, 5.41) is 9.03. The van der Waals surface area contributed by atoms with Gasteiger partial charge in [0.25, 0.3) is 10.0 Å². The molecule has 0 saturated carbocycles. The molecule has 1 atom stereocenters. The lowest BCUT2D eigenvalue weighted by molar-refractivity contribution is 0.0701. The molecule has 1 aromatic heterocycles. The van der Waals surface area contributed by atoms with Crippen molar-refractivity contribution in [1.82, 2.24) is 4.31 Å². The van der Waals surface area contributed by atoms with Gasteiger partial charge in [-0.3, -0.25) is 0 Å². The van der Waals surface area contributed by atoms with E-state index in [0.717, 1.165) is 17.8 Å². The minimum Gasteiger partial charge on any atom is -0.477 e. The molecule has 5 nitrogen and oxygen atoms in total. The highest BCUT2D eigenvalue weighted by Crippen LogP contribution is 2.29. The van der Waals surface area contributed by atoms with Gasteiger partial charge in [-0.25, -0.2) is 13.2 Å². The van der Waals surface area contributed by atoms with E-state index in [1.165, 1.54) is 10.4 Å². The molecule has 0 aromatic carbocycles. The van der Waals surface area contributed by atoms with Gasteiger partial charge in [-0.1, -0.05) is 27.2 Å². The Bertz CT molecular complexity index is 577. The first kappa shape index (κ1) is 17.1. The van der Waals surface area contributed by atoms with Gasteiger partial charge in [-0.15, -0.1) is 11.3 Å². The van der Waals surface area contributed by atoms with Gasteiger partial charge in [0.15, 0.2) is 0 Å². The van der Waals surface area contributed by atoms with E-state index in [0.29, 0.717) is 18.7 Å². The van der Waals surface area contributed by atoms with Crippen molar-refractivity contribution in [2.45, 2.75) is 38.3 Å². The number of hydrogen-bond donors (Lipinski definition) is 1. The number of hydrogen-bond acceptors (Lipinski definition) is 4. The van der Waals surface area contributed by atoms with E-state index in [4.69, 9.17) is 5.11 Å². The molecule has 0 fully saturated rings. The zero-order valence-electron chi connectivity index (χ0n) is 12.2. The number of aryl methyl sites for hydroxylation is 1. The number of rotatable bonds is 7. The number of carboxylic acids is 1.